The molecule has 0 bridgehead atoms. The number of allylic oxidation sites excluding steroid dienone is 2. The van der Waals surface area contributed by atoms with E-state index in [2.05, 4.69) is 185 Å². The van der Waals surface area contributed by atoms with Crippen molar-refractivity contribution in [1.82, 2.24) is 4.90 Å². The van der Waals surface area contributed by atoms with Crippen LogP contribution in [-0.4, -0.2) is 58.6 Å². The van der Waals surface area contributed by atoms with Gasteiger partial charge in [0.15, 0.2) is 0 Å². The number of likely N-dealkylation sites (N-methyl/N-ethyl adjacent to an activating group) is 1. The van der Waals surface area contributed by atoms with Gasteiger partial charge in [-0.2, -0.15) is 0 Å². The lowest BCUT2D eigenvalue weighted by Gasteiger charge is -2.43. The first-order valence-electron chi connectivity index (χ1n) is 24.8. The number of unbranched alkanes of at least 4 members (excludes halogenated alkanes) is 11. The van der Waals surface area contributed by atoms with Gasteiger partial charge in [-0.3, -0.25) is 4.79 Å². The second-order valence-electron chi connectivity index (χ2n) is 18.8. The van der Waals surface area contributed by atoms with E-state index in [1.54, 1.807) is 0 Å². The van der Waals surface area contributed by atoms with Crippen LogP contribution < -0.4 is 10.4 Å². The van der Waals surface area contributed by atoms with Crippen LogP contribution in [-0.2, 0) is 24.3 Å². The van der Waals surface area contributed by atoms with Crippen molar-refractivity contribution in [3.8, 4) is 0 Å². The van der Waals surface area contributed by atoms with Crippen LogP contribution in [0.15, 0.2) is 164 Å². The van der Waals surface area contributed by atoms with E-state index in [4.69, 9.17) is 13.9 Å². The van der Waals surface area contributed by atoms with Gasteiger partial charge in [-0.1, -0.05) is 243 Å². The maximum Gasteiger partial charge on any atom is 0.306 e. The van der Waals surface area contributed by atoms with Crippen LogP contribution in [0.25, 0.3) is 0 Å². The molecule has 5 nitrogen and oxygen atoms in total. The van der Waals surface area contributed by atoms with Gasteiger partial charge < -0.3 is 18.8 Å². The first-order valence-corrected chi connectivity index (χ1v) is 26.7. The zero-order chi connectivity index (χ0) is 46.1. The third-order valence-electron chi connectivity index (χ3n) is 12.7. The summed E-state index contributed by atoms with van der Waals surface area (Å²) in [6.45, 7) is 11.1. The molecule has 0 radical (unpaired) electrons. The normalized spacial score (nSPS) is 12.8. The van der Waals surface area contributed by atoms with E-state index in [1.807, 2.05) is 18.2 Å². The van der Waals surface area contributed by atoms with Crippen LogP contribution in [0.5, 0.6) is 0 Å². The van der Waals surface area contributed by atoms with Crippen LogP contribution in [0, 0.1) is 0 Å². The molecular weight excluding hydrogens is 815 g/mol. The molecule has 0 saturated heterocycles. The number of hydrogen-bond donors (Lipinski definition) is 0. The Kier molecular flexibility index (Phi) is 22.0. The topological polar surface area (TPSA) is 48.0 Å². The van der Waals surface area contributed by atoms with Gasteiger partial charge in [-0.15, -0.1) is 0 Å². The molecule has 0 amide bonds. The van der Waals surface area contributed by atoms with Crippen molar-refractivity contribution in [2.45, 2.75) is 134 Å². The number of nitrogens with zero attached hydrogens (tertiary/aromatic N) is 1. The van der Waals surface area contributed by atoms with Crippen molar-refractivity contribution in [1.29, 1.82) is 0 Å². The maximum absolute atomic E-state index is 13.7. The van der Waals surface area contributed by atoms with Crippen molar-refractivity contribution < 1.29 is 18.7 Å². The van der Waals surface area contributed by atoms with Crippen molar-refractivity contribution in [3.05, 3.63) is 181 Å². The van der Waals surface area contributed by atoms with E-state index >= 15 is 0 Å². The molecule has 5 rings (SSSR count). The van der Waals surface area contributed by atoms with Crippen LogP contribution in [0.3, 0.4) is 0 Å². The lowest BCUT2D eigenvalue weighted by Crippen LogP contribution is -2.67. The summed E-state index contributed by atoms with van der Waals surface area (Å²) in [5.41, 5.74) is 2.12. The molecule has 5 aromatic rings. The van der Waals surface area contributed by atoms with E-state index in [-0.39, 0.29) is 17.6 Å². The fourth-order valence-electron chi connectivity index (χ4n) is 9.25. The van der Waals surface area contributed by atoms with Gasteiger partial charge in [0.2, 0.25) is 0 Å². The SMILES string of the molecule is CCCCCCCC/C=C\CCCCCCCC(=O)O[C@H](COC(c1ccccc1)(c1ccccc1)c1ccccc1)CN(C)CCO[Si](c1ccccc1)(c1ccccc1)C(C)(C)C. The highest BCUT2D eigenvalue weighted by molar-refractivity contribution is 6.99. The highest BCUT2D eigenvalue weighted by Gasteiger charge is 2.50. The number of ether oxygens (including phenoxy) is 2. The van der Waals surface area contributed by atoms with Crippen molar-refractivity contribution in [2.75, 3.05) is 33.4 Å². The van der Waals surface area contributed by atoms with E-state index in [0.717, 1.165) is 42.4 Å². The predicted molar refractivity (Wildman–Crippen MR) is 276 cm³/mol. The van der Waals surface area contributed by atoms with Crippen molar-refractivity contribution in [2.24, 2.45) is 0 Å². The Hall–Kier alpha value is -4.59. The lowest BCUT2D eigenvalue weighted by atomic mass is 9.80. The molecule has 0 saturated carbocycles. The summed E-state index contributed by atoms with van der Waals surface area (Å²) in [5.74, 6) is -0.169. The Morgan fingerprint density at radius 2 is 1.00 bits per heavy atom. The standard InChI is InChI=1S/C59H79NO4Si/c1-6-7-8-9-10-11-12-13-14-15-16-17-18-19-35-46-57(61)64-54(50-62-59(51-36-25-20-26-37-51,52-38-27-21-28-39-52)53-40-29-22-30-41-53)49-60(5)47-48-63-65(58(2,3)4,55-42-31-23-32-43-55)56-44-33-24-34-45-56/h13-14,20-34,36-45,54H,6-12,15-19,35,46-50H2,1-5H3/b14-13-/t54-/m0/s1. The van der Waals surface area contributed by atoms with Crippen LogP contribution in [0.2, 0.25) is 5.04 Å². The average Bonchev–Trinajstić information content (AvgIpc) is 3.33. The van der Waals surface area contributed by atoms with Gasteiger partial charge in [0.1, 0.15) is 11.7 Å². The second-order valence-corrected chi connectivity index (χ2v) is 23.1. The highest BCUT2D eigenvalue weighted by atomic mass is 28.4. The highest BCUT2D eigenvalue weighted by Crippen LogP contribution is 2.41. The molecule has 0 heterocycles. The quantitative estimate of drug-likeness (QED) is 0.0151. The fraction of sp³-hybridized carbons (Fsp3) is 0.441. The largest absolute Gasteiger partial charge is 0.459 e. The van der Waals surface area contributed by atoms with E-state index in [9.17, 15) is 4.79 Å². The lowest BCUT2D eigenvalue weighted by molar-refractivity contribution is -0.156. The summed E-state index contributed by atoms with van der Waals surface area (Å²) in [4.78, 5) is 16.0. The Balaban J connectivity index is 1.27. The minimum Gasteiger partial charge on any atom is -0.459 e. The third-order valence-corrected chi connectivity index (χ3v) is 17.7. The van der Waals surface area contributed by atoms with Gasteiger partial charge in [0, 0.05) is 26.1 Å². The molecular formula is C59H79NO4Si. The molecule has 0 aliphatic carbocycles. The van der Waals surface area contributed by atoms with Gasteiger partial charge in [0.25, 0.3) is 8.32 Å². The molecule has 348 valence electrons. The Morgan fingerprint density at radius 1 is 0.585 bits per heavy atom. The molecule has 0 spiro atoms. The molecule has 1 atom stereocenters. The summed E-state index contributed by atoms with van der Waals surface area (Å²) in [7, 11) is -0.621. The molecule has 0 aliphatic rings. The Morgan fingerprint density at radius 3 is 1.45 bits per heavy atom. The summed E-state index contributed by atoms with van der Waals surface area (Å²) in [5, 5.41) is 2.40. The number of benzene rings is 5. The molecule has 6 heteroatoms. The Labute approximate surface area is 394 Å². The van der Waals surface area contributed by atoms with Gasteiger partial charge >= 0.3 is 5.97 Å². The first-order chi connectivity index (χ1) is 31.7. The molecule has 65 heavy (non-hydrogen) atoms. The fourth-order valence-corrected chi connectivity index (χ4v) is 13.8. The van der Waals surface area contributed by atoms with Gasteiger partial charge in [0.05, 0.1) is 6.61 Å². The smallest absolute Gasteiger partial charge is 0.306 e. The number of hydrogen-bond acceptors (Lipinski definition) is 5. The third kappa shape index (κ3) is 15.5. The van der Waals surface area contributed by atoms with E-state index < -0.39 is 20.0 Å². The summed E-state index contributed by atoms with van der Waals surface area (Å²) in [6, 6.07) is 52.8. The summed E-state index contributed by atoms with van der Waals surface area (Å²) < 4.78 is 21.0. The maximum atomic E-state index is 13.7. The average molecular weight is 894 g/mol. The molecule has 0 N–H and O–H groups in total. The summed E-state index contributed by atoms with van der Waals surface area (Å²) >= 11 is 0. The Bertz CT molecular complexity index is 1900. The molecule has 0 unspecified atom stereocenters. The summed E-state index contributed by atoms with van der Waals surface area (Å²) in [6.07, 6.45) is 20.4. The monoisotopic (exact) mass is 894 g/mol. The number of carbonyl (C=O) groups is 1. The van der Waals surface area contributed by atoms with Crippen LogP contribution in [0.1, 0.15) is 134 Å². The van der Waals surface area contributed by atoms with E-state index in [0.29, 0.717) is 26.1 Å². The predicted octanol–water partition coefficient (Wildman–Crippen LogP) is 13.5. The van der Waals surface area contributed by atoms with Gasteiger partial charge in [-0.25, -0.2) is 0 Å². The number of esters is 1. The zero-order valence-electron chi connectivity index (χ0n) is 40.5. The van der Waals surface area contributed by atoms with E-state index in [1.165, 1.54) is 68.2 Å². The molecule has 0 aromatic heterocycles. The number of carbonyl (C=O) groups excluding carboxylic acids is 1. The first kappa shape index (κ1) is 51.4. The second kappa shape index (κ2) is 27.8. The van der Waals surface area contributed by atoms with Crippen LogP contribution >= 0.6 is 0 Å². The van der Waals surface area contributed by atoms with Crippen molar-refractivity contribution >= 4 is 24.7 Å². The van der Waals surface area contributed by atoms with Gasteiger partial charge in [-0.05, 0) is 71.3 Å². The molecule has 0 fully saturated rings. The van der Waals surface area contributed by atoms with Crippen molar-refractivity contribution in [3.63, 3.8) is 0 Å². The van der Waals surface area contributed by atoms with Crippen LogP contribution in [0.4, 0.5) is 0 Å². The minimum absolute atomic E-state index is 0.125. The zero-order valence-corrected chi connectivity index (χ0v) is 41.5. The molecule has 0 aliphatic heterocycles. The molecule has 5 aromatic carbocycles. The number of rotatable bonds is 30. The minimum atomic E-state index is -2.72.